The highest BCUT2D eigenvalue weighted by Crippen LogP contribution is 2.30. The molecule has 0 unspecified atom stereocenters. The maximum absolute atomic E-state index is 13.2. The molecule has 4 aromatic rings. The van der Waals surface area contributed by atoms with Gasteiger partial charge in [0.05, 0.1) is 14.2 Å². The zero-order valence-electron chi connectivity index (χ0n) is 15.8. The van der Waals surface area contributed by atoms with Crippen LogP contribution in [0, 0.1) is 0 Å². The number of fused-ring (bicyclic) bond motifs is 2. The fourth-order valence-electron chi connectivity index (χ4n) is 3.48. The second-order valence-corrected chi connectivity index (χ2v) is 6.50. The highest BCUT2D eigenvalue weighted by Gasteiger charge is 2.13. The van der Waals surface area contributed by atoms with Crippen LogP contribution in [0.25, 0.3) is 27.6 Å². The Morgan fingerprint density at radius 3 is 2.04 bits per heavy atom. The van der Waals surface area contributed by atoms with Crippen LogP contribution in [0.4, 0.5) is 0 Å². The number of carbonyl (C=O) groups is 1. The fourth-order valence-corrected chi connectivity index (χ4v) is 3.48. The first-order chi connectivity index (χ1) is 13.7. The van der Waals surface area contributed by atoms with Crippen LogP contribution >= 0.6 is 0 Å². The summed E-state index contributed by atoms with van der Waals surface area (Å²) < 4.78 is 10.7. The smallest absolute Gasteiger partial charge is 0.187 e. The van der Waals surface area contributed by atoms with Crippen molar-refractivity contribution >= 4 is 33.4 Å². The molecule has 28 heavy (non-hydrogen) atoms. The summed E-state index contributed by atoms with van der Waals surface area (Å²) >= 11 is 0. The number of carbonyl (C=O) groups excluding carboxylic acids is 1. The van der Waals surface area contributed by atoms with Gasteiger partial charge in [0.25, 0.3) is 0 Å². The monoisotopic (exact) mass is 368 g/mol. The van der Waals surface area contributed by atoms with Crippen LogP contribution in [-0.2, 0) is 0 Å². The molecule has 0 saturated heterocycles. The van der Waals surface area contributed by atoms with Gasteiger partial charge in [0, 0.05) is 17.2 Å². The number of ketones is 1. The van der Waals surface area contributed by atoms with Gasteiger partial charge in [0.1, 0.15) is 11.5 Å². The number of benzene rings is 4. The third kappa shape index (κ3) is 3.23. The minimum absolute atomic E-state index is 0.0362. The average Bonchev–Trinajstić information content (AvgIpc) is 2.75. The Balaban J connectivity index is 1.82. The van der Waals surface area contributed by atoms with E-state index in [2.05, 4.69) is 6.07 Å². The third-order valence-electron chi connectivity index (χ3n) is 4.87. The molecule has 4 rings (SSSR count). The lowest BCUT2D eigenvalue weighted by atomic mass is 9.94. The van der Waals surface area contributed by atoms with Crippen LogP contribution in [0.3, 0.4) is 0 Å². The number of ether oxygens (including phenoxy) is 2. The van der Waals surface area contributed by atoms with Crippen LogP contribution in [0.15, 0.2) is 78.9 Å². The molecule has 0 saturated carbocycles. The molecule has 0 atom stereocenters. The van der Waals surface area contributed by atoms with Gasteiger partial charge >= 0.3 is 0 Å². The molecule has 0 radical (unpaired) electrons. The summed E-state index contributed by atoms with van der Waals surface area (Å²) in [7, 11) is 3.21. The Labute approximate surface area is 163 Å². The normalized spacial score (nSPS) is 11.2. The summed E-state index contributed by atoms with van der Waals surface area (Å²) in [6.07, 6.45) is 3.40. The van der Waals surface area contributed by atoms with Gasteiger partial charge in [0.15, 0.2) is 5.78 Å². The molecule has 0 aliphatic carbocycles. The molecule has 0 spiro atoms. The predicted molar refractivity (Wildman–Crippen MR) is 114 cm³/mol. The summed E-state index contributed by atoms with van der Waals surface area (Å²) in [5.41, 5.74) is 1.54. The zero-order chi connectivity index (χ0) is 19.5. The fraction of sp³-hybridized carbons (Fsp3) is 0.0800. The van der Waals surface area contributed by atoms with Gasteiger partial charge in [0.2, 0.25) is 0 Å². The summed E-state index contributed by atoms with van der Waals surface area (Å²) in [4.78, 5) is 13.2. The van der Waals surface area contributed by atoms with Crippen molar-refractivity contribution in [3.63, 3.8) is 0 Å². The molecule has 3 heteroatoms. The van der Waals surface area contributed by atoms with E-state index in [1.807, 2.05) is 60.7 Å². The van der Waals surface area contributed by atoms with E-state index >= 15 is 0 Å². The lowest BCUT2D eigenvalue weighted by molar-refractivity contribution is 0.105. The van der Waals surface area contributed by atoms with E-state index in [1.165, 1.54) is 0 Å². The first kappa shape index (κ1) is 17.8. The van der Waals surface area contributed by atoms with E-state index in [1.54, 1.807) is 32.4 Å². The molecule has 0 heterocycles. The molecule has 3 nitrogen and oxygen atoms in total. The van der Waals surface area contributed by atoms with Crippen molar-refractivity contribution in [1.82, 2.24) is 0 Å². The van der Waals surface area contributed by atoms with E-state index in [-0.39, 0.29) is 5.78 Å². The van der Waals surface area contributed by atoms with Gasteiger partial charge in [-0.3, -0.25) is 4.79 Å². The van der Waals surface area contributed by atoms with Crippen molar-refractivity contribution in [1.29, 1.82) is 0 Å². The minimum Gasteiger partial charge on any atom is -0.497 e. The molecular formula is C25H20O3. The van der Waals surface area contributed by atoms with E-state index in [0.29, 0.717) is 11.5 Å². The maximum Gasteiger partial charge on any atom is 0.187 e. The maximum atomic E-state index is 13.2. The van der Waals surface area contributed by atoms with Crippen molar-refractivity contribution < 1.29 is 14.3 Å². The van der Waals surface area contributed by atoms with E-state index in [9.17, 15) is 4.79 Å². The highest BCUT2D eigenvalue weighted by molar-refractivity contribution is 6.23. The summed E-state index contributed by atoms with van der Waals surface area (Å²) in [5, 5.41) is 4.02. The molecule has 0 aliphatic rings. The number of hydrogen-bond donors (Lipinski definition) is 0. The molecule has 0 fully saturated rings. The van der Waals surface area contributed by atoms with Crippen LogP contribution < -0.4 is 9.47 Å². The number of hydrogen-bond acceptors (Lipinski definition) is 3. The molecule has 138 valence electrons. The van der Waals surface area contributed by atoms with Crippen molar-refractivity contribution in [3.05, 3.63) is 90.0 Å². The second-order valence-electron chi connectivity index (χ2n) is 6.50. The SMILES string of the molecule is COc1ccc(C=CC(=O)c2c3ccccc3cc3ccccc23)c(OC)c1. The Morgan fingerprint density at radius 2 is 1.43 bits per heavy atom. The van der Waals surface area contributed by atoms with Crippen molar-refractivity contribution in [2.45, 2.75) is 0 Å². The van der Waals surface area contributed by atoms with Crippen molar-refractivity contribution in [2.75, 3.05) is 14.2 Å². The second kappa shape index (κ2) is 7.57. The van der Waals surface area contributed by atoms with Crippen molar-refractivity contribution in [2.24, 2.45) is 0 Å². The first-order valence-electron chi connectivity index (χ1n) is 9.06. The predicted octanol–water partition coefficient (Wildman–Crippen LogP) is 5.91. The van der Waals surface area contributed by atoms with Gasteiger partial charge in [-0.15, -0.1) is 0 Å². The Bertz CT molecular complexity index is 1150. The van der Waals surface area contributed by atoms with Crippen LogP contribution in [-0.4, -0.2) is 20.0 Å². The minimum atomic E-state index is -0.0362. The standard InChI is InChI=1S/C25H20O3/c1-27-20-13-11-17(24(16-20)28-2)12-14-23(26)25-21-9-5-3-7-18(21)15-19-8-4-6-10-22(19)25/h3-16H,1-2H3. The molecule has 0 amide bonds. The molecule has 0 bridgehead atoms. The van der Waals surface area contributed by atoms with Gasteiger partial charge < -0.3 is 9.47 Å². The van der Waals surface area contributed by atoms with Gasteiger partial charge in [-0.1, -0.05) is 48.5 Å². The number of allylic oxidation sites excluding steroid dienone is 1. The Morgan fingerprint density at radius 1 is 0.786 bits per heavy atom. The van der Waals surface area contributed by atoms with Crippen molar-refractivity contribution in [3.8, 4) is 11.5 Å². The molecular weight excluding hydrogens is 348 g/mol. The Kier molecular flexibility index (Phi) is 4.81. The quantitative estimate of drug-likeness (QED) is 0.250. The molecule has 0 aliphatic heterocycles. The third-order valence-corrected chi connectivity index (χ3v) is 4.87. The van der Waals surface area contributed by atoms with Gasteiger partial charge in [-0.05, 0) is 51.9 Å². The molecule has 4 aromatic carbocycles. The van der Waals surface area contributed by atoms with Crippen LogP contribution in [0.5, 0.6) is 11.5 Å². The lowest BCUT2D eigenvalue weighted by Crippen LogP contribution is -1.98. The van der Waals surface area contributed by atoms with Crippen LogP contribution in [0.1, 0.15) is 15.9 Å². The lowest BCUT2D eigenvalue weighted by Gasteiger charge is -2.10. The summed E-state index contributed by atoms with van der Waals surface area (Å²) in [5.74, 6) is 1.33. The number of rotatable bonds is 5. The number of methoxy groups -OCH3 is 2. The van der Waals surface area contributed by atoms with E-state index < -0.39 is 0 Å². The topological polar surface area (TPSA) is 35.5 Å². The van der Waals surface area contributed by atoms with Crippen LogP contribution in [0.2, 0.25) is 0 Å². The average molecular weight is 368 g/mol. The van der Waals surface area contributed by atoms with Gasteiger partial charge in [-0.25, -0.2) is 0 Å². The Hall–Kier alpha value is -3.59. The van der Waals surface area contributed by atoms with E-state index in [4.69, 9.17) is 9.47 Å². The zero-order valence-corrected chi connectivity index (χ0v) is 15.8. The largest absolute Gasteiger partial charge is 0.497 e. The summed E-state index contributed by atoms with van der Waals surface area (Å²) in [6.45, 7) is 0. The molecule has 0 N–H and O–H groups in total. The highest BCUT2D eigenvalue weighted by atomic mass is 16.5. The van der Waals surface area contributed by atoms with Gasteiger partial charge in [-0.2, -0.15) is 0 Å². The summed E-state index contributed by atoms with van der Waals surface area (Å²) in [6, 6.07) is 23.6. The van der Waals surface area contributed by atoms with E-state index in [0.717, 1.165) is 32.7 Å². The first-order valence-corrected chi connectivity index (χ1v) is 9.06. The molecule has 0 aromatic heterocycles.